The first kappa shape index (κ1) is 19.2. The average Bonchev–Trinajstić information content (AvgIpc) is 3.11. The van der Waals surface area contributed by atoms with Crippen LogP contribution >= 0.6 is 12.4 Å². The van der Waals surface area contributed by atoms with E-state index in [0.717, 1.165) is 18.7 Å². The lowest BCUT2D eigenvalue weighted by atomic mass is 10.1. The van der Waals surface area contributed by atoms with Crippen LogP contribution in [0.4, 0.5) is 5.69 Å². The Balaban J connectivity index is 0.00000210. The Labute approximate surface area is 164 Å². The third kappa shape index (κ3) is 3.91. The average molecular weight is 388 g/mol. The van der Waals surface area contributed by atoms with E-state index in [0.29, 0.717) is 18.0 Å². The maximum Gasteiger partial charge on any atom is 0.268 e. The molecule has 142 valence electrons. The van der Waals surface area contributed by atoms with Gasteiger partial charge in [-0.15, -0.1) is 12.4 Å². The van der Waals surface area contributed by atoms with Gasteiger partial charge >= 0.3 is 0 Å². The molecule has 6 nitrogen and oxygen atoms in total. The second-order valence-electron chi connectivity index (χ2n) is 6.64. The molecule has 1 atom stereocenters. The van der Waals surface area contributed by atoms with Crippen molar-refractivity contribution in [2.75, 3.05) is 11.4 Å². The smallest absolute Gasteiger partial charge is 0.268 e. The number of anilines is 1. The van der Waals surface area contributed by atoms with Crippen LogP contribution in [0.2, 0.25) is 0 Å². The Morgan fingerprint density at radius 1 is 1.22 bits per heavy atom. The predicted molar refractivity (Wildman–Crippen MR) is 105 cm³/mol. The number of nitrogens with one attached hydrogen (secondary N) is 2. The van der Waals surface area contributed by atoms with E-state index in [-0.39, 0.29) is 30.8 Å². The molecule has 0 spiro atoms. The van der Waals surface area contributed by atoms with Gasteiger partial charge in [-0.2, -0.15) is 0 Å². The molecule has 0 aliphatic carbocycles. The van der Waals surface area contributed by atoms with E-state index in [1.807, 2.05) is 24.3 Å². The Morgan fingerprint density at radius 3 is 2.85 bits per heavy atom. The lowest BCUT2D eigenvalue weighted by Gasteiger charge is -2.32. The minimum absolute atomic E-state index is 0. The van der Waals surface area contributed by atoms with Crippen molar-refractivity contribution >= 4 is 29.9 Å². The first-order valence-electron chi connectivity index (χ1n) is 8.77. The summed E-state index contributed by atoms with van der Waals surface area (Å²) in [5.41, 5.74) is 4.28. The second-order valence-corrected chi connectivity index (χ2v) is 6.64. The van der Waals surface area contributed by atoms with Crippen LogP contribution in [0.5, 0.6) is 5.75 Å². The first-order valence-corrected chi connectivity index (χ1v) is 8.77. The molecule has 2 aliphatic rings. The number of nitrogens with zero attached hydrogens (tertiary/aromatic N) is 1. The van der Waals surface area contributed by atoms with E-state index in [9.17, 15) is 9.59 Å². The molecule has 0 aromatic heterocycles. The fourth-order valence-corrected chi connectivity index (χ4v) is 3.38. The van der Waals surface area contributed by atoms with Crippen molar-refractivity contribution in [3.8, 4) is 5.75 Å². The number of rotatable bonds is 4. The van der Waals surface area contributed by atoms with Gasteiger partial charge in [0.25, 0.3) is 5.91 Å². The number of halogens is 1. The zero-order valence-electron chi connectivity index (χ0n) is 15.0. The van der Waals surface area contributed by atoms with Crippen LogP contribution < -0.4 is 20.3 Å². The van der Waals surface area contributed by atoms with Crippen LogP contribution in [0, 0.1) is 0 Å². The molecule has 2 N–H and O–H groups in total. The second kappa shape index (κ2) is 7.98. The van der Waals surface area contributed by atoms with Crippen LogP contribution in [0.25, 0.3) is 0 Å². The van der Waals surface area contributed by atoms with Gasteiger partial charge in [0, 0.05) is 19.6 Å². The molecule has 0 saturated heterocycles. The van der Waals surface area contributed by atoms with E-state index in [1.165, 1.54) is 16.0 Å². The molecule has 2 aliphatic heterocycles. The summed E-state index contributed by atoms with van der Waals surface area (Å²) in [6.45, 7) is 3.90. The van der Waals surface area contributed by atoms with Crippen molar-refractivity contribution in [3.05, 3.63) is 59.2 Å². The normalized spacial score (nSPS) is 17.4. The monoisotopic (exact) mass is 387 g/mol. The zero-order valence-corrected chi connectivity index (χ0v) is 15.8. The van der Waals surface area contributed by atoms with Crippen molar-refractivity contribution in [1.82, 2.24) is 10.6 Å². The summed E-state index contributed by atoms with van der Waals surface area (Å²) in [6.07, 6.45) is -0.595. The van der Waals surface area contributed by atoms with Crippen molar-refractivity contribution in [1.29, 1.82) is 0 Å². The van der Waals surface area contributed by atoms with E-state index in [4.69, 9.17) is 4.74 Å². The van der Waals surface area contributed by atoms with E-state index in [1.54, 1.807) is 13.0 Å². The number of para-hydroxylation sites is 2. The molecule has 2 amide bonds. The molecule has 7 heteroatoms. The van der Waals surface area contributed by atoms with Gasteiger partial charge in [0.1, 0.15) is 12.3 Å². The van der Waals surface area contributed by atoms with E-state index < -0.39 is 6.10 Å². The first-order chi connectivity index (χ1) is 12.6. The molecule has 0 fully saturated rings. The molecule has 4 rings (SSSR count). The van der Waals surface area contributed by atoms with Gasteiger partial charge in [0.05, 0.1) is 5.69 Å². The van der Waals surface area contributed by atoms with Crippen molar-refractivity contribution in [3.63, 3.8) is 0 Å². The third-order valence-electron chi connectivity index (χ3n) is 4.77. The summed E-state index contributed by atoms with van der Waals surface area (Å²) in [7, 11) is 0. The standard InChI is InChI=1S/C20H21N3O3.ClH/c1-13-20(25)23(17-4-2-3-5-18(17)26-13)12-19(24)22-9-14-6-7-15-10-21-11-16(15)8-14;/h2-8,13,21H,9-12H2,1H3,(H,22,24);1H. The maximum absolute atomic E-state index is 12.4. The van der Waals surface area contributed by atoms with E-state index in [2.05, 4.69) is 22.8 Å². The number of fused-ring (bicyclic) bond motifs is 2. The van der Waals surface area contributed by atoms with Crippen LogP contribution in [-0.4, -0.2) is 24.5 Å². The molecule has 2 aromatic rings. The predicted octanol–water partition coefficient (Wildman–Crippen LogP) is 2.14. The molecular weight excluding hydrogens is 366 g/mol. The van der Waals surface area contributed by atoms with Gasteiger partial charge in [-0.1, -0.05) is 30.3 Å². The Hall–Kier alpha value is -2.57. The number of carbonyl (C=O) groups excluding carboxylic acids is 2. The van der Waals surface area contributed by atoms with Crippen molar-refractivity contribution in [2.24, 2.45) is 0 Å². The summed E-state index contributed by atoms with van der Waals surface area (Å²) < 4.78 is 5.60. The molecule has 0 radical (unpaired) electrons. The molecule has 2 aromatic carbocycles. The largest absolute Gasteiger partial charge is 0.479 e. The molecule has 0 bridgehead atoms. The highest BCUT2D eigenvalue weighted by atomic mass is 35.5. The maximum atomic E-state index is 12.4. The van der Waals surface area contributed by atoms with Crippen LogP contribution in [0.3, 0.4) is 0 Å². The molecular formula is C20H22ClN3O3. The summed E-state index contributed by atoms with van der Waals surface area (Å²) in [4.78, 5) is 26.4. The lowest BCUT2D eigenvalue weighted by Crippen LogP contribution is -2.48. The van der Waals surface area contributed by atoms with Gasteiger partial charge in [-0.25, -0.2) is 0 Å². The summed E-state index contributed by atoms with van der Waals surface area (Å²) in [5.74, 6) is 0.224. The minimum atomic E-state index is -0.595. The highest BCUT2D eigenvalue weighted by Crippen LogP contribution is 2.33. The Morgan fingerprint density at radius 2 is 2.00 bits per heavy atom. The van der Waals surface area contributed by atoms with Crippen molar-refractivity contribution in [2.45, 2.75) is 32.7 Å². The molecule has 27 heavy (non-hydrogen) atoms. The number of amides is 2. The van der Waals surface area contributed by atoms with Crippen LogP contribution in [0.1, 0.15) is 23.6 Å². The number of benzene rings is 2. The number of carbonyl (C=O) groups is 2. The Kier molecular flexibility index (Phi) is 5.68. The van der Waals surface area contributed by atoms with Gasteiger partial charge < -0.3 is 15.4 Å². The van der Waals surface area contributed by atoms with Crippen molar-refractivity contribution < 1.29 is 14.3 Å². The lowest BCUT2D eigenvalue weighted by molar-refractivity contribution is -0.128. The van der Waals surface area contributed by atoms with Gasteiger partial charge in [0.15, 0.2) is 6.10 Å². The minimum Gasteiger partial charge on any atom is -0.479 e. The number of ether oxygens (including phenoxy) is 1. The summed E-state index contributed by atoms with van der Waals surface area (Å²) in [6, 6.07) is 13.5. The van der Waals surface area contributed by atoms with Crippen LogP contribution in [-0.2, 0) is 29.2 Å². The third-order valence-corrected chi connectivity index (χ3v) is 4.77. The SMILES string of the molecule is CC1Oc2ccccc2N(CC(=O)NCc2ccc3c(c2)CNC3)C1=O.Cl. The van der Waals surface area contributed by atoms with Gasteiger partial charge in [-0.3, -0.25) is 14.5 Å². The van der Waals surface area contributed by atoms with Gasteiger partial charge in [-0.05, 0) is 35.7 Å². The topological polar surface area (TPSA) is 70.7 Å². The summed E-state index contributed by atoms with van der Waals surface area (Å²) in [5, 5.41) is 6.22. The molecule has 1 unspecified atom stereocenters. The number of hydrogen-bond acceptors (Lipinski definition) is 4. The fraction of sp³-hybridized carbons (Fsp3) is 0.300. The van der Waals surface area contributed by atoms with Crippen LogP contribution in [0.15, 0.2) is 42.5 Å². The zero-order chi connectivity index (χ0) is 18.1. The highest BCUT2D eigenvalue weighted by molar-refractivity contribution is 6.03. The Bertz CT molecular complexity index is 871. The van der Waals surface area contributed by atoms with Gasteiger partial charge in [0.2, 0.25) is 5.91 Å². The quantitative estimate of drug-likeness (QED) is 0.843. The molecule has 0 saturated carbocycles. The molecule has 2 heterocycles. The summed E-state index contributed by atoms with van der Waals surface area (Å²) >= 11 is 0. The number of hydrogen-bond donors (Lipinski definition) is 2. The highest BCUT2D eigenvalue weighted by Gasteiger charge is 2.32. The fourth-order valence-electron chi connectivity index (χ4n) is 3.38. The van der Waals surface area contributed by atoms with E-state index >= 15 is 0 Å².